The van der Waals surface area contributed by atoms with Crippen LogP contribution in [-0.2, 0) is 16.6 Å². The van der Waals surface area contributed by atoms with Crippen LogP contribution in [0.15, 0.2) is 17.0 Å². The van der Waals surface area contributed by atoms with Crippen LogP contribution in [0, 0.1) is 17.7 Å². The smallest absolute Gasteiger partial charge is 0.243 e. The monoisotopic (exact) mass is 334 g/mol. The average molecular weight is 335 g/mol. The normalized spacial score (nSPS) is 21.5. The van der Waals surface area contributed by atoms with E-state index in [9.17, 15) is 12.8 Å². The minimum Gasteiger partial charge on any atom is -0.313 e. The van der Waals surface area contributed by atoms with Crippen molar-refractivity contribution in [3.8, 4) is 0 Å². The van der Waals surface area contributed by atoms with Gasteiger partial charge in [-0.1, -0.05) is 25.4 Å². The Hall–Kier alpha value is -0.690. The molecule has 4 nitrogen and oxygen atoms in total. The first-order valence-corrected chi connectivity index (χ1v) is 8.89. The fourth-order valence-corrected chi connectivity index (χ4v) is 3.72. The number of rotatable bonds is 7. The van der Waals surface area contributed by atoms with Crippen molar-refractivity contribution in [2.45, 2.75) is 31.7 Å². The van der Waals surface area contributed by atoms with Gasteiger partial charge in [-0.2, -0.15) is 0 Å². The molecule has 0 aliphatic heterocycles. The van der Waals surface area contributed by atoms with E-state index in [1.54, 1.807) is 0 Å². The molecule has 7 heteroatoms. The van der Waals surface area contributed by atoms with Crippen molar-refractivity contribution in [3.05, 3.63) is 28.5 Å². The van der Waals surface area contributed by atoms with Crippen LogP contribution >= 0.6 is 11.6 Å². The van der Waals surface area contributed by atoms with Gasteiger partial charge in [-0.25, -0.2) is 17.5 Å². The van der Waals surface area contributed by atoms with Crippen LogP contribution in [0.3, 0.4) is 0 Å². The third kappa shape index (κ3) is 4.16. The van der Waals surface area contributed by atoms with Gasteiger partial charge in [0.1, 0.15) is 10.7 Å². The van der Waals surface area contributed by atoms with Gasteiger partial charge in [0.15, 0.2) is 0 Å². The van der Waals surface area contributed by atoms with Gasteiger partial charge < -0.3 is 5.32 Å². The highest BCUT2D eigenvalue weighted by Crippen LogP contribution is 2.37. The fraction of sp³-hybridized carbons (Fsp3) is 0.571. The lowest BCUT2D eigenvalue weighted by molar-refractivity contribution is 0.541. The zero-order valence-corrected chi connectivity index (χ0v) is 13.7. The summed E-state index contributed by atoms with van der Waals surface area (Å²) in [5.41, 5.74) is 0.254. The van der Waals surface area contributed by atoms with E-state index in [-0.39, 0.29) is 22.0 Å². The molecule has 1 aromatic rings. The minimum absolute atomic E-state index is 0.212. The summed E-state index contributed by atoms with van der Waals surface area (Å²) in [4.78, 5) is -0.379. The molecule has 1 saturated carbocycles. The molecule has 0 bridgehead atoms. The van der Waals surface area contributed by atoms with E-state index in [1.807, 2.05) is 6.92 Å². The Balaban J connectivity index is 2.22. The lowest BCUT2D eigenvalue weighted by atomic mass is 10.2. The molecule has 1 fully saturated rings. The zero-order valence-electron chi connectivity index (χ0n) is 12.1. The van der Waals surface area contributed by atoms with E-state index in [2.05, 4.69) is 17.0 Å². The number of sulfonamides is 1. The molecule has 2 rings (SSSR count). The van der Waals surface area contributed by atoms with E-state index in [1.165, 1.54) is 6.07 Å². The first-order valence-electron chi connectivity index (χ1n) is 7.03. The molecular formula is C14H20ClFN2O2S. The maximum Gasteiger partial charge on any atom is 0.243 e. The second kappa shape index (κ2) is 6.60. The van der Waals surface area contributed by atoms with Crippen LogP contribution in [0.25, 0.3) is 0 Å². The maximum absolute atomic E-state index is 14.4. The molecule has 1 aliphatic carbocycles. The van der Waals surface area contributed by atoms with Crippen LogP contribution in [0.2, 0.25) is 5.02 Å². The summed E-state index contributed by atoms with van der Waals surface area (Å²) in [5, 5.41) is 3.18. The lowest BCUT2D eigenvalue weighted by Crippen LogP contribution is -2.27. The lowest BCUT2D eigenvalue weighted by Gasteiger charge is -2.11. The van der Waals surface area contributed by atoms with Crippen LogP contribution in [-0.4, -0.2) is 21.5 Å². The molecule has 2 N–H and O–H groups in total. The molecule has 1 aliphatic rings. The summed E-state index contributed by atoms with van der Waals surface area (Å²) in [7, 11) is -3.88. The highest BCUT2D eigenvalue weighted by Gasteiger charge is 2.34. The fourth-order valence-electron chi connectivity index (χ4n) is 2.18. The molecule has 2 unspecified atom stereocenters. The summed E-state index contributed by atoms with van der Waals surface area (Å²) >= 11 is 5.92. The Labute approximate surface area is 130 Å². The predicted octanol–water partition coefficient (Wildman–Crippen LogP) is 2.52. The number of hydrogen-bond donors (Lipinski definition) is 2. The van der Waals surface area contributed by atoms with Gasteiger partial charge in [0.05, 0.1) is 0 Å². The second-order valence-electron chi connectivity index (χ2n) is 5.48. The molecule has 1 aromatic carbocycles. The largest absolute Gasteiger partial charge is 0.313 e. The van der Waals surface area contributed by atoms with Gasteiger partial charge in [0, 0.05) is 23.7 Å². The van der Waals surface area contributed by atoms with Gasteiger partial charge in [0.2, 0.25) is 10.0 Å². The highest BCUT2D eigenvalue weighted by molar-refractivity contribution is 7.89. The number of halogens is 2. The van der Waals surface area contributed by atoms with Crippen LogP contribution < -0.4 is 10.0 Å². The summed E-state index contributed by atoms with van der Waals surface area (Å²) in [6.45, 7) is 5.20. The first-order chi connectivity index (χ1) is 9.85. The molecular weight excluding hydrogens is 315 g/mol. The van der Waals surface area contributed by atoms with Crippen LogP contribution in [0.1, 0.15) is 25.8 Å². The van der Waals surface area contributed by atoms with E-state index in [0.29, 0.717) is 24.9 Å². The van der Waals surface area contributed by atoms with Gasteiger partial charge in [-0.3, -0.25) is 0 Å². The SMILES string of the molecule is CCNCc1cc(Cl)cc(S(=O)(=O)NCC2CC2C)c1F. The van der Waals surface area contributed by atoms with Gasteiger partial charge in [-0.05, 0) is 36.9 Å². The topological polar surface area (TPSA) is 58.2 Å². The van der Waals surface area contributed by atoms with E-state index in [4.69, 9.17) is 11.6 Å². The Morgan fingerprint density at radius 1 is 1.43 bits per heavy atom. The summed E-state index contributed by atoms with van der Waals surface area (Å²) in [6.07, 6.45) is 1.01. The second-order valence-corrected chi connectivity index (χ2v) is 7.65. The van der Waals surface area contributed by atoms with E-state index >= 15 is 0 Å². The summed E-state index contributed by atoms with van der Waals surface area (Å²) in [5.74, 6) is 0.140. The number of nitrogens with one attached hydrogen (secondary N) is 2. The van der Waals surface area contributed by atoms with Crippen molar-refractivity contribution in [3.63, 3.8) is 0 Å². The number of benzene rings is 1. The summed E-state index contributed by atoms with van der Waals surface area (Å²) in [6, 6.07) is 2.60. The maximum atomic E-state index is 14.4. The molecule has 0 saturated heterocycles. The Kier molecular flexibility index (Phi) is 5.24. The van der Waals surface area contributed by atoms with Crippen molar-refractivity contribution < 1.29 is 12.8 Å². The molecule has 0 radical (unpaired) electrons. The van der Waals surface area contributed by atoms with Crippen molar-refractivity contribution in [2.24, 2.45) is 11.8 Å². The van der Waals surface area contributed by atoms with E-state index < -0.39 is 15.8 Å². The van der Waals surface area contributed by atoms with Crippen molar-refractivity contribution >= 4 is 21.6 Å². The van der Waals surface area contributed by atoms with Gasteiger partial charge in [0.25, 0.3) is 0 Å². The Morgan fingerprint density at radius 3 is 2.67 bits per heavy atom. The molecule has 0 spiro atoms. The first kappa shape index (κ1) is 16.7. The van der Waals surface area contributed by atoms with Crippen LogP contribution in [0.4, 0.5) is 4.39 Å². The standard InChI is InChI=1S/C14H20ClFN2O2S/c1-3-17-7-11-5-12(15)6-13(14(11)16)21(19,20)18-8-10-4-9(10)2/h5-6,9-10,17-18H,3-4,7-8H2,1-2H3. The molecule has 0 heterocycles. The minimum atomic E-state index is -3.88. The quantitative estimate of drug-likeness (QED) is 0.805. The number of hydrogen-bond acceptors (Lipinski definition) is 3. The van der Waals surface area contributed by atoms with Gasteiger partial charge in [-0.15, -0.1) is 0 Å². The van der Waals surface area contributed by atoms with Crippen LogP contribution in [0.5, 0.6) is 0 Å². The van der Waals surface area contributed by atoms with Crippen molar-refractivity contribution in [2.75, 3.05) is 13.1 Å². The average Bonchev–Trinajstić information content (AvgIpc) is 3.13. The molecule has 0 amide bonds. The zero-order chi connectivity index (χ0) is 15.6. The third-order valence-corrected chi connectivity index (χ3v) is 5.39. The highest BCUT2D eigenvalue weighted by atomic mass is 35.5. The Morgan fingerprint density at radius 2 is 2.10 bits per heavy atom. The van der Waals surface area contributed by atoms with Crippen molar-refractivity contribution in [1.29, 1.82) is 0 Å². The molecule has 2 atom stereocenters. The van der Waals surface area contributed by atoms with E-state index in [0.717, 1.165) is 12.5 Å². The van der Waals surface area contributed by atoms with Crippen molar-refractivity contribution in [1.82, 2.24) is 10.0 Å². The van der Waals surface area contributed by atoms with Gasteiger partial charge >= 0.3 is 0 Å². The predicted molar refractivity (Wildman–Crippen MR) is 81.3 cm³/mol. The molecule has 118 valence electrons. The third-order valence-electron chi connectivity index (χ3n) is 3.75. The molecule has 21 heavy (non-hydrogen) atoms. The molecule has 0 aromatic heterocycles. The summed E-state index contributed by atoms with van der Waals surface area (Å²) < 4.78 is 41.3. The Bertz CT molecular complexity index is 622.